The van der Waals surface area contributed by atoms with E-state index in [0.717, 1.165) is 11.4 Å². The Morgan fingerprint density at radius 2 is 2.06 bits per heavy atom. The van der Waals surface area contributed by atoms with Gasteiger partial charge in [-0.3, -0.25) is 10.6 Å². The molecule has 1 amide bonds. The van der Waals surface area contributed by atoms with Gasteiger partial charge in [-0.1, -0.05) is 0 Å². The molecule has 1 aromatic carbocycles. The van der Waals surface area contributed by atoms with Gasteiger partial charge in [-0.05, 0) is 37.4 Å². The highest BCUT2D eigenvalue weighted by Crippen LogP contribution is 2.08. The number of nitrogens with two attached hydrogens (primary N) is 1. The zero-order valence-electron chi connectivity index (χ0n) is 9.49. The molecular weight excluding hydrogens is 222 g/mol. The van der Waals surface area contributed by atoms with Gasteiger partial charge in [-0.25, -0.2) is 0 Å². The summed E-state index contributed by atoms with van der Waals surface area (Å²) in [4.78, 5) is 11.8. The van der Waals surface area contributed by atoms with Gasteiger partial charge in [0.15, 0.2) is 0 Å². The molecular formula is C11H17N3OS. The molecule has 4 N–H and O–H groups in total. The van der Waals surface area contributed by atoms with E-state index in [2.05, 4.69) is 10.7 Å². The Morgan fingerprint density at radius 1 is 1.44 bits per heavy atom. The van der Waals surface area contributed by atoms with E-state index in [0.29, 0.717) is 5.56 Å². The lowest BCUT2D eigenvalue weighted by Crippen LogP contribution is -2.34. The van der Waals surface area contributed by atoms with E-state index in [1.165, 1.54) is 0 Å². The van der Waals surface area contributed by atoms with Crippen LogP contribution in [0.2, 0.25) is 0 Å². The average molecular weight is 239 g/mol. The molecule has 88 valence electrons. The topological polar surface area (TPSA) is 67.2 Å². The Labute approximate surface area is 100.0 Å². The van der Waals surface area contributed by atoms with Gasteiger partial charge in [-0.2, -0.15) is 11.8 Å². The molecule has 0 saturated carbocycles. The zero-order valence-corrected chi connectivity index (χ0v) is 10.3. The van der Waals surface area contributed by atoms with Crippen LogP contribution in [0.3, 0.4) is 0 Å². The van der Waals surface area contributed by atoms with E-state index in [1.807, 2.05) is 13.2 Å². The highest BCUT2D eigenvalue weighted by Gasteiger charge is 2.08. The molecule has 1 unspecified atom stereocenters. The van der Waals surface area contributed by atoms with E-state index in [1.54, 1.807) is 36.0 Å². The Bertz CT molecular complexity index is 340. The molecule has 16 heavy (non-hydrogen) atoms. The molecule has 4 nitrogen and oxygen atoms in total. The normalized spacial score (nSPS) is 11.9. The number of rotatable bonds is 5. The summed E-state index contributed by atoms with van der Waals surface area (Å²) in [6.07, 6.45) is 2.02. The minimum atomic E-state index is -0.0508. The van der Waals surface area contributed by atoms with Crippen molar-refractivity contribution >= 4 is 23.4 Å². The molecule has 0 spiro atoms. The molecule has 0 bridgehead atoms. The summed E-state index contributed by atoms with van der Waals surface area (Å²) in [5, 5.41) is 2.92. The van der Waals surface area contributed by atoms with Crippen LogP contribution in [-0.2, 0) is 0 Å². The minimum absolute atomic E-state index is 0.0508. The summed E-state index contributed by atoms with van der Waals surface area (Å²) in [6.45, 7) is 1.99. The fourth-order valence-corrected chi connectivity index (χ4v) is 1.90. The number of hydrogen-bond donors (Lipinski definition) is 3. The van der Waals surface area contributed by atoms with Crippen LogP contribution in [0.1, 0.15) is 17.3 Å². The smallest absolute Gasteiger partial charge is 0.251 e. The highest BCUT2D eigenvalue weighted by atomic mass is 32.2. The van der Waals surface area contributed by atoms with Crippen LogP contribution in [0.15, 0.2) is 24.3 Å². The van der Waals surface area contributed by atoms with Crippen molar-refractivity contribution in [3.63, 3.8) is 0 Å². The van der Waals surface area contributed by atoms with Crippen LogP contribution in [0.25, 0.3) is 0 Å². The Kier molecular flexibility index (Phi) is 5.14. The van der Waals surface area contributed by atoms with Crippen molar-refractivity contribution in [3.05, 3.63) is 29.8 Å². The molecule has 0 aliphatic carbocycles. The standard InChI is InChI=1S/C11H17N3OS/c1-8(7-16-2)13-11(15)9-3-5-10(14-12)6-4-9/h3-6,8,14H,7,12H2,1-2H3,(H,13,15). The largest absolute Gasteiger partial charge is 0.349 e. The van der Waals surface area contributed by atoms with Crippen LogP contribution >= 0.6 is 11.8 Å². The first-order valence-corrected chi connectivity index (χ1v) is 6.43. The third-order valence-electron chi connectivity index (χ3n) is 2.11. The summed E-state index contributed by atoms with van der Waals surface area (Å²) < 4.78 is 0. The lowest BCUT2D eigenvalue weighted by molar-refractivity contribution is 0.0944. The maximum Gasteiger partial charge on any atom is 0.251 e. The molecule has 0 radical (unpaired) electrons. The van der Waals surface area contributed by atoms with Gasteiger partial charge < -0.3 is 10.7 Å². The Morgan fingerprint density at radius 3 is 2.56 bits per heavy atom. The van der Waals surface area contributed by atoms with Crippen molar-refractivity contribution in [2.45, 2.75) is 13.0 Å². The number of hydrazine groups is 1. The molecule has 0 fully saturated rings. The summed E-state index contributed by atoms with van der Waals surface area (Å²) in [5.74, 6) is 6.10. The molecule has 0 saturated heterocycles. The second-order valence-corrected chi connectivity index (χ2v) is 4.46. The van der Waals surface area contributed by atoms with E-state index in [4.69, 9.17) is 5.84 Å². The molecule has 0 aliphatic rings. The minimum Gasteiger partial charge on any atom is -0.349 e. The number of nitrogen functional groups attached to an aromatic ring is 1. The number of benzene rings is 1. The molecule has 1 atom stereocenters. The van der Waals surface area contributed by atoms with Gasteiger partial charge in [0.05, 0.1) is 0 Å². The van der Waals surface area contributed by atoms with E-state index in [-0.39, 0.29) is 11.9 Å². The highest BCUT2D eigenvalue weighted by molar-refractivity contribution is 7.98. The van der Waals surface area contributed by atoms with Gasteiger partial charge in [0.25, 0.3) is 5.91 Å². The van der Waals surface area contributed by atoms with Gasteiger partial charge in [0, 0.05) is 23.0 Å². The van der Waals surface area contributed by atoms with Gasteiger partial charge in [0.2, 0.25) is 0 Å². The lowest BCUT2D eigenvalue weighted by Gasteiger charge is -2.12. The first-order chi connectivity index (χ1) is 7.67. The number of amides is 1. The second-order valence-electron chi connectivity index (χ2n) is 3.55. The lowest BCUT2D eigenvalue weighted by atomic mass is 10.2. The van der Waals surface area contributed by atoms with Gasteiger partial charge in [0.1, 0.15) is 0 Å². The average Bonchev–Trinajstić information content (AvgIpc) is 2.29. The number of carbonyl (C=O) groups is 1. The molecule has 0 aromatic heterocycles. The molecule has 1 aromatic rings. The Balaban J connectivity index is 2.59. The van der Waals surface area contributed by atoms with Crippen LogP contribution < -0.4 is 16.6 Å². The molecule has 0 heterocycles. The number of nitrogens with one attached hydrogen (secondary N) is 2. The van der Waals surface area contributed by atoms with Crippen molar-refractivity contribution in [1.29, 1.82) is 0 Å². The monoisotopic (exact) mass is 239 g/mol. The van der Waals surface area contributed by atoms with Crippen molar-refractivity contribution in [1.82, 2.24) is 5.32 Å². The first-order valence-electron chi connectivity index (χ1n) is 5.04. The number of thioether (sulfide) groups is 1. The quantitative estimate of drug-likeness (QED) is 0.537. The van der Waals surface area contributed by atoms with E-state index < -0.39 is 0 Å². The summed E-state index contributed by atoms with van der Waals surface area (Å²) >= 11 is 1.71. The number of anilines is 1. The van der Waals surface area contributed by atoms with Crippen molar-refractivity contribution in [3.8, 4) is 0 Å². The van der Waals surface area contributed by atoms with Crippen LogP contribution in [-0.4, -0.2) is 24.0 Å². The van der Waals surface area contributed by atoms with Crippen molar-refractivity contribution in [2.24, 2.45) is 5.84 Å². The predicted molar refractivity (Wildman–Crippen MR) is 69.6 cm³/mol. The first kappa shape index (κ1) is 12.9. The fourth-order valence-electron chi connectivity index (χ4n) is 1.32. The third-order valence-corrected chi connectivity index (χ3v) is 2.94. The summed E-state index contributed by atoms with van der Waals surface area (Å²) in [7, 11) is 0. The summed E-state index contributed by atoms with van der Waals surface area (Å²) in [5.41, 5.74) is 3.95. The van der Waals surface area contributed by atoms with Crippen molar-refractivity contribution < 1.29 is 4.79 Å². The van der Waals surface area contributed by atoms with Gasteiger partial charge in [-0.15, -0.1) is 0 Å². The number of hydrogen-bond acceptors (Lipinski definition) is 4. The molecule has 0 aliphatic heterocycles. The maximum atomic E-state index is 11.8. The van der Waals surface area contributed by atoms with Gasteiger partial charge >= 0.3 is 0 Å². The number of carbonyl (C=O) groups excluding carboxylic acids is 1. The second kappa shape index (κ2) is 6.40. The third kappa shape index (κ3) is 3.75. The Hall–Kier alpha value is -1.20. The molecule has 5 heteroatoms. The van der Waals surface area contributed by atoms with E-state index >= 15 is 0 Å². The SMILES string of the molecule is CSCC(C)NC(=O)c1ccc(NN)cc1. The van der Waals surface area contributed by atoms with Crippen LogP contribution in [0.5, 0.6) is 0 Å². The summed E-state index contributed by atoms with van der Waals surface area (Å²) in [6, 6.07) is 7.21. The van der Waals surface area contributed by atoms with Crippen LogP contribution in [0.4, 0.5) is 5.69 Å². The van der Waals surface area contributed by atoms with Crippen LogP contribution in [0, 0.1) is 0 Å². The zero-order chi connectivity index (χ0) is 12.0. The maximum absolute atomic E-state index is 11.8. The predicted octanol–water partition coefficient (Wildman–Crippen LogP) is 1.45. The van der Waals surface area contributed by atoms with E-state index in [9.17, 15) is 4.79 Å². The van der Waals surface area contributed by atoms with Crippen molar-refractivity contribution in [2.75, 3.05) is 17.4 Å². The molecule has 1 rings (SSSR count). The fraction of sp³-hybridized carbons (Fsp3) is 0.364.